The van der Waals surface area contributed by atoms with Crippen molar-refractivity contribution in [3.05, 3.63) is 12.7 Å². The molecule has 0 saturated heterocycles. The number of hydrogen-bond acceptors (Lipinski definition) is 2. The molecule has 0 aliphatic carbocycles. The highest BCUT2D eigenvalue weighted by Gasteiger charge is 2.04. The van der Waals surface area contributed by atoms with E-state index >= 15 is 0 Å². The van der Waals surface area contributed by atoms with E-state index in [0.717, 1.165) is 26.1 Å². The third-order valence-corrected chi connectivity index (χ3v) is 2.18. The first-order valence-electron chi connectivity index (χ1n) is 5.21. The highest BCUT2D eigenvalue weighted by atomic mass is 16.5. The smallest absolute Gasteiger partial charge is 0.0480 e. The molecule has 0 spiro atoms. The molecule has 13 heavy (non-hydrogen) atoms. The van der Waals surface area contributed by atoms with Crippen LogP contribution in [0.1, 0.15) is 32.6 Å². The van der Waals surface area contributed by atoms with Crippen LogP contribution in [0.3, 0.4) is 0 Å². The van der Waals surface area contributed by atoms with Crippen molar-refractivity contribution in [1.82, 2.24) is 5.32 Å². The molecule has 1 atom stereocenters. The predicted octanol–water partition coefficient (Wildman–Crippen LogP) is 2.36. The quantitative estimate of drug-likeness (QED) is 0.440. The van der Waals surface area contributed by atoms with Gasteiger partial charge in [-0.1, -0.05) is 6.08 Å². The lowest BCUT2D eigenvalue weighted by Gasteiger charge is -2.15. The van der Waals surface area contributed by atoms with Gasteiger partial charge in [0.25, 0.3) is 0 Å². The fourth-order valence-electron chi connectivity index (χ4n) is 1.31. The van der Waals surface area contributed by atoms with E-state index in [0.29, 0.717) is 6.04 Å². The van der Waals surface area contributed by atoms with E-state index in [1.54, 1.807) is 0 Å². The Morgan fingerprint density at radius 1 is 1.46 bits per heavy atom. The fourth-order valence-corrected chi connectivity index (χ4v) is 1.31. The highest BCUT2D eigenvalue weighted by Crippen LogP contribution is 2.04. The number of rotatable bonds is 9. The molecule has 2 nitrogen and oxygen atoms in total. The number of allylic oxidation sites excluding steroid dienone is 1. The summed E-state index contributed by atoms with van der Waals surface area (Å²) in [5.41, 5.74) is 0. The van der Waals surface area contributed by atoms with E-state index in [9.17, 15) is 0 Å². The Balaban J connectivity index is 3.33. The summed E-state index contributed by atoms with van der Waals surface area (Å²) in [6, 6.07) is 0.603. The zero-order chi connectivity index (χ0) is 9.94. The van der Waals surface area contributed by atoms with Crippen molar-refractivity contribution >= 4 is 0 Å². The molecular weight excluding hydrogens is 162 g/mol. The van der Waals surface area contributed by atoms with Crippen molar-refractivity contribution in [3.8, 4) is 0 Å². The average Bonchev–Trinajstić information content (AvgIpc) is 2.16. The summed E-state index contributed by atoms with van der Waals surface area (Å²) >= 11 is 0. The van der Waals surface area contributed by atoms with Gasteiger partial charge in [0.2, 0.25) is 0 Å². The molecule has 0 aliphatic heterocycles. The summed E-state index contributed by atoms with van der Waals surface area (Å²) in [5.74, 6) is 0. The van der Waals surface area contributed by atoms with E-state index in [1.165, 1.54) is 12.8 Å². The molecule has 0 saturated carbocycles. The minimum absolute atomic E-state index is 0.603. The lowest BCUT2D eigenvalue weighted by atomic mass is 10.1. The molecule has 0 rings (SSSR count). The van der Waals surface area contributed by atoms with E-state index in [-0.39, 0.29) is 0 Å². The minimum atomic E-state index is 0.603. The van der Waals surface area contributed by atoms with E-state index in [1.807, 2.05) is 20.0 Å². The minimum Gasteiger partial charge on any atom is -0.382 e. The molecule has 0 fully saturated rings. The fraction of sp³-hybridized carbons (Fsp3) is 0.818. The van der Waals surface area contributed by atoms with Crippen LogP contribution < -0.4 is 5.32 Å². The van der Waals surface area contributed by atoms with Gasteiger partial charge in [-0.25, -0.2) is 0 Å². The van der Waals surface area contributed by atoms with Gasteiger partial charge in [-0.3, -0.25) is 0 Å². The number of hydrogen-bond donors (Lipinski definition) is 1. The van der Waals surface area contributed by atoms with Crippen molar-refractivity contribution in [2.24, 2.45) is 0 Å². The number of ether oxygens (including phenoxy) is 1. The van der Waals surface area contributed by atoms with Crippen LogP contribution in [-0.4, -0.2) is 26.3 Å². The Hall–Kier alpha value is -0.340. The molecule has 0 aromatic rings. The monoisotopic (exact) mass is 185 g/mol. The Kier molecular flexibility index (Phi) is 9.49. The third kappa shape index (κ3) is 8.00. The molecule has 0 aromatic carbocycles. The van der Waals surface area contributed by atoms with E-state index < -0.39 is 0 Å². The first-order valence-corrected chi connectivity index (χ1v) is 5.21. The van der Waals surface area contributed by atoms with Gasteiger partial charge in [0.1, 0.15) is 0 Å². The number of nitrogens with one attached hydrogen (secondary N) is 1. The molecule has 2 heteroatoms. The van der Waals surface area contributed by atoms with Gasteiger partial charge in [0, 0.05) is 19.3 Å². The molecular formula is C11H23NO. The molecule has 0 heterocycles. The molecule has 0 aromatic heterocycles. The van der Waals surface area contributed by atoms with Crippen LogP contribution in [0.4, 0.5) is 0 Å². The van der Waals surface area contributed by atoms with Crippen molar-refractivity contribution in [2.45, 2.75) is 38.6 Å². The maximum absolute atomic E-state index is 5.31. The van der Waals surface area contributed by atoms with Gasteiger partial charge in [0.05, 0.1) is 0 Å². The maximum atomic E-state index is 5.31. The zero-order valence-corrected chi connectivity index (χ0v) is 9.01. The van der Waals surface area contributed by atoms with Crippen LogP contribution in [0.25, 0.3) is 0 Å². The van der Waals surface area contributed by atoms with Crippen LogP contribution in [0.2, 0.25) is 0 Å². The SMILES string of the molecule is C=CCCCC(CCOCC)NC. The molecule has 1 N–H and O–H groups in total. The Morgan fingerprint density at radius 2 is 2.23 bits per heavy atom. The lowest BCUT2D eigenvalue weighted by molar-refractivity contribution is 0.136. The highest BCUT2D eigenvalue weighted by molar-refractivity contribution is 4.70. The van der Waals surface area contributed by atoms with Crippen LogP contribution in [0.15, 0.2) is 12.7 Å². The Labute approximate surface area is 82.4 Å². The van der Waals surface area contributed by atoms with Crippen molar-refractivity contribution in [1.29, 1.82) is 0 Å². The first kappa shape index (κ1) is 12.7. The second kappa shape index (κ2) is 9.75. The second-order valence-corrected chi connectivity index (χ2v) is 3.19. The lowest BCUT2D eigenvalue weighted by Crippen LogP contribution is -2.26. The summed E-state index contributed by atoms with van der Waals surface area (Å²) < 4.78 is 5.31. The van der Waals surface area contributed by atoms with Crippen LogP contribution >= 0.6 is 0 Å². The normalized spacial score (nSPS) is 12.8. The molecule has 0 radical (unpaired) electrons. The van der Waals surface area contributed by atoms with E-state index in [4.69, 9.17) is 4.74 Å². The van der Waals surface area contributed by atoms with Crippen LogP contribution in [0.5, 0.6) is 0 Å². The zero-order valence-electron chi connectivity index (χ0n) is 9.01. The van der Waals surface area contributed by atoms with Gasteiger partial charge in [0.15, 0.2) is 0 Å². The molecule has 0 aliphatic rings. The third-order valence-electron chi connectivity index (χ3n) is 2.18. The predicted molar refractivity (Wildman–Crippen MR) is 58.0 cm³/mol. The van der Waals surface area contributed by atoms with Crippen molar-refractivity contribution < 1.29 is 4.74 Å². The van der Waals surface area contributed by atoms with Gasteiger partial charge in [-0.15, -0.1) is 6.58 Å². The largest absolute Gasteiger partial charge is 0.382 e. The maximum Gasteiger partial charge on any atom is 0.0480 e. The molecule has 0 amide bonds. The topological polar surface area (TPSA) is 21.3 Å². The standard InChI is InChI=1S/C11H23NO/c1-4-6-7-8-11(12-3)9-10-13-5-2/h4,11-12H,1,5-10H2,2-3H3. The summed E-state index contributed by atoms with van der Waals surface area (Å²) in [6.45, 7) is 7.44. The van der Waals surface area contributed by atoms with Gasteiger partial charge in [-0.05, 0) is 39.7 Å². The average molecular weight is 185 g/mol. The van der Waals surface area contributed by atoms with Crippen molar-refractivity contribution in [3.63, 3.8) is 0 Å². The summed E-state index contributed by atoms with van der Waals surface area (Å²) in [6.07, 6.45) is 6.65. The molecule has 1 unspecified atom stereocenters. The Morgan fingerprint density at radius 3 is 2.77 bits per heavy atom. The summed E-state index contributed by atoms with van der Waals surface area (Å²) in [7, 11) is 2.02. The first-order chi connectivity index (χ1) is 6.35. The second-order valence-electron chi connectivity index (χ2n) is 3.19. The Bertz CT molecular complexity index is 115. The van der Waals surface area contributed by atoms with Gasteiger partial charge >= 0.3 is 0 Å². The van der Waals surface area contributed by atoms with Crippen LogP contribution in [0, 0.1) is 0 Å². The van der Waals surface area contributed by atoms with Crippen LogP contribution in [-0.2, 0) is 4.74 Å². The summed E-state index contributed by atoms with van der Waals surface area (Å²) in [4.78, 5) is 0. The molecule has 78 valence electrons. The van der Waals surface area contributed by atoms with E-state index in [2.05, 4.69) is 11.9 Å². The van der Waals surface area contributed by atoms with Crippen molar-refractivity contribution in [2.75, 3.05) is 20.3 Å². The number of unbranched alkanes of at least 4 members (excludes halogenated alkanes) is 1. The van der Waals surface area contributed by atoms with Gasteiger partial charge in [-0.2, -0.15) is 0 Å². The van der Waals surface area contributed by atoms with Gasteiger partial charge < -0.3 is 10.1 Å². The molecule has 0 bridgehead atoms. The summed E-state index contributed by atoms with van der Waals surface area (Å²) in [5, 5.41) is 3.31.